The minimum absolute atomic E-state index is 0.109. The molecule has 1 unspecified atom stereocenters. The summed E-state index contributed by atoms with van der Waals surface area (Å²) in [7, 11) is 0. The molecule has 17 heavy (non-hydrogen) atoms. The molecule has 1 amide bonds. The quantitative estimate of drug-likeness (QED) is 0.859. The molecule has 1 N–H and O–H groups in total. The van der Waals surface area contributed by atoms with E-state index in [1.165, 1.54) is 0 Å². The van der Waals surface area contributed by atoms with E-state index in [-0.39, 0.29) is 5.91 Å². The average molecular weight is 234 g/mol. The number of carbonyl (C=O) groups is 1. The third-order valence-electron chi connectivity index (χ3n) is 2.97. The van der Waals surface area contributed by atoms with Crippen LogP contribution in [0.5, 0.6) is 0 Å². The Morgan fingerprint density at radius 3 is 3.00 bits per heavy atom. The maximum atomic E-state index is 11.7. The van der Waals surface area contributed by atoms with Crippen molar-refractivity contribution in [3.05, 3.63) is 30.1 Å². The summed E-state index contributed by atoms with van der Waals surface area (Å²) in [5.41, 5.74) is 1.08. The van der Waals surface area contributed by atoms with Gasteiger partial charge >= 0.3 is 0 Å². The van der Waals surface area contributed by atoms with Crippen LogP contribution in [0.15, 0.2) is 24.5 Å². The molecule has 4 nitrogen and oxygen atoms in total. The molecule has 0 aliphatic carbocycles. The number of carbonyl (C=O) groups excluding carboxylic acids is 1. The van der Waals surface area contributed by atoms with Crippen LogP contribution in [-0.4, -0.2) is 24.1 Å². The number of pyridine rings is 1. The van der Waals surface area contributed by atoms with Crippen LogP contribution in [0, 0.1) is 5.92 Å². The molecule has 2 heterocycles. The van der Waals surface area contributed by atoms with Gasteiger partial charge in [0.05, 0.1) is 0 Å². The van der Waals surface area contributed by atoms with E-state index < -0.39 is 0 Å². The maximum Gasteiger partial charge on any atom is 0.220 e. The average Bonchev–Trinajstić information content (AvgIpc) is 2.39. The van der Waals surface area contributed by atoms with Crippen LogP contribution in [0.4, 0.5) is 0 Å². The SMILES string of the molecule is O=C(CC1CCCOC1)NCc1ccncc1. The molecule has 1 aromatic rings. The van der Waals surface area contributed by atoms with Gasteiger partial charge < -0.3 is 10.1 Å². The van der Waals surface area contributed by atoms with Crippen molar-refractivity contribution in [3.63, 3.8) is 0 Å². The molecule has 0 saturated carbocycles. The predicted octanol–water partition coefficient (Wildman–Crippen LogP) is 1.51. The van der Waals surface area contributed by atoms with E-state index in [4.69, 9.17) is 4.74 Å². The van der Waals surface area contributed by atoms with Crippen LogP contribution in [0.1, 0.15) is 24.8 Å². The summed E-state index contributed by atoms with van der Waals surface area (Å²) in [5.74, 6) is 0.499. The Kier molecular flexibility index (Phi) is 4.50. The van der Waals surface area contributed by atoms with Crippen molar-refractivity contribution < 1.29 is 9.53 Å². The second-order valence-electron chi connectivity index (χ2n) is 4.42. The summed E-state index contributed by atoms with van der Waals surface area (Å²) >= 11 is 0. The van der Waals surface area contributed by atoms with Crippen LogP contribution in [-0.2, 0) is 16.1 Å². The van der Waals surface area contributed by atoms with E-state index in [2.05, 4.69) is 10.3 Å². The van der Waals surface area contributed by atoms with Crippen molar-refractivity contribution in [3.8, 4) is 0 Å². The summed E-state index contributed by atoms with van der Waals surface area (Å²) in [5, 5.41) is 2.92. The third-order valence-corrected chi connectivity index (χ3v) is 2.97. The van der Waals surface area contributed by atoms with Crippen LogP contribution < -0.4 is 5.32 Å². The summed E-state index contributed by atoms with van der Waals surface area (Å²) in [6.45, 7) is 2.15. The number of nitrogens with one attached hydrogen (secondary N) is 1. The van der Waals surface area contributed by atoms with Crippen LogP contribution >= 0.6 is 0 Å². The monoisotopic (exact) mass is 234 g/mol. The third kappa shape index (κ3) is 4.15. The molecule has 2 rings (SSSR count). The zero-order valence-electron chi connectivity index (χ0n) is 9.89. The van der Waals surface area contributed by atoms with E-state index in [0.29, 0.717) is 18.9 Å². The number of hydrogen-bond donors (Lipinski definition) is 1. The molecular weight excluding hydrogens is 216 g/mol. The van der Waals surface area contributed by atoms with Gasteiger partial charge in [0.15, 0.2) is 0 Å². The molecule has 1 saturated heterocycles. The second kappa shape index (κ2) is 6.35. The Hall–Kier alpha value is -1.42. The normalized spacial score (nSPS) is 19.9. The fourth-order valence-electron chi connectivity index (χ4n) is 2.00. The van der Waals surface area contributed by atoms with Crippen molar-refractivity contribution in [2.24, 2.45) is 5.92 Å². The molecule has 92 valence electrons. The smallest absolute Gasteiger partial charge is 0.220 e. The molecule has 1 fully saturated rings. The van der Waals surface area contributed by atoms with Crippen molar-refractivity contribution >= 4 is 5.91 Å². The lowest BCUT2D eigenvalue weighted by atomic mass is 9.98. The zero-order chi connectivity index (χ0) is 11.9. The number of hydrogen-bond acceptors (Lipinski definition) is 3. The number of rotatable bonds is 4. The first-order valence-electron chi connectivity index (χ1n) is 6.08. The number of amides is 1. The summed E-state index contributed by atoms with van der Waals surface area (Å²) in [6, 6.07) is 3.81. The van der Waals surface area contributed by atoms with E-state index in [1.807, 2.05) is 12.1 Å². The topological polar surface area (TPSA) is 51.2 Å². The van der Waals surface area contributed by atoms with Crippen molar-refractivity contribution in [1.82, 2.24) is 10.3 Å². The van der Waals surface area contributed by atoms with Gasteiger partial charge in [0.2, 0.25) is 5.91 Å². The minimum atomic E-state index is 0.109. The predicted molar refractivity (Wildman–Crippen MR) is 64.2 cm³/mol. The zero-order valence-corrected chi connectivity index (χ0v) is 9.89. The largest absolute Gasteiger partial charge is 0.381 e. The summed E-state index contributed by atoms with van der Waals surface area (Å²) < 4.78 is 5.36. The van der Waals surface area contributed by atoms with E-state index in [9.17, 15) is 4.79 Å². The number of nitrogens with zero attached hydrogens (tertiary/aromatic N) is 1. The first kappa shape index (κ1) is 12.0. The summed E-state index contributed by atoms with van der Waals surface area (Å²) in [6.07, 6.45) is 6.21. The standard InChI is InChI=1S/C13H18N2O2/c16-13(8-12-2-1-7-17-10-12)15-9-11-3-5-14-6-4-11/h3-6,12H,1-2,7-10H2,(H,15,16). The van der Waals surface area contributed by atoms with Gasteiger partial charge in [0, 0.05) is 38.6 Å². The van der Waals surface area contributed by atoms with Crippen LogP contribution in [0.25, 0.3) is 0 Å². The van der Waals surface area contributed by atoms with Crippen molar-refractivity contribution in [2.75, 3.05) is 13.2 Å². The molecule has 0 radical (unpaired) electrons. The Morgan fingerprint density at radius 2 is 2.29 bits per heavy atom. The van der Waals surface area contributed by atoms with Gasteiger partial charge in [-0.3, -0.25) is 9.78 Å². The fourth-order valence-corrected chi connectivity index (χ4v) is 2.00. The van der Waals surface area contributed by atoms with E-state index in [0.717, 1.165) is 31.6 Å². The Morgan fingerprint density at radius 1 is 1.47 bits per heavy atom. The maximum absolute atomic E-state index is 11.7. The number of ether oxygens (including phenoxy) is 1. The molecule has 0 aromatic carbocycles. The molecule has 1 aliphatic heterocycles. The molecule has 1 aromatic heterocycles. The van der Waals surface area contributed by atoms with Gasteiger partial charge in [-0.25, -0.2) is 0 Å². The Labute approximate surface area is 101 Å². The lowest BCUT2D eigenvalue weighted by Crippen LogP contribution is -2.28. The fraction of sp³-hybridized carbons (Fsp3) is 0.538. The van der Waals surface area contributed by atoms with Crippen LogP contribution in [0.3, 0.4) is 0 Å². The lowest BCUT2D eigenvalue weighted by Gasteiger charge is -2.21. The number of aromatic nitrogens is 1. The molecular formula is C13H18N2O2. The Balaban J connectivity index is 1.70. The second-order valence-corrected chi connectivity index (χ2v) is 4.42. The highest BCUT2D eigenvalue weighted by molar-refractivity contribution is 5.76. The molecule has 4 heteroatoms. The van der Waals surface area contributed by atoms with Gasteiger partial charge in [-0.05, 0) is 36.5 Å². The van der Waals surface area contributed by atoms with E-state index in [1.54, 1.807) is 12.4 Å². The molecule has 0 bridgehead atoms. The van der Waals surface area contributed by atoms with Gasteiger partial charge in [0.25, 0.3) is 0 Å². The van der Waals surface area contributed by atoms with E-state index >= 15 is 0 Å². The van der Waals surface area contributed by atoms with Crippen LogP contribution in [0.2, 0.25) is 0 Å². The van der Waals surface area contributed by atoms with Crippen molar-refractivity contribution in [1.29, 1.82) is 0 Å². The molecule has 0 spiro atoms. The van der Waals surface area contributed by atoms with Crippen molar-refractivity contribution in [2.45, 2.75) is 25.8 Å². The lowest BCUT2D eigenvalue weighted by molar-refractivity contribution is -0.123. The van der Waals surface area contributed by atoms with Gasteiger partial charge in [-0.2, -0.15) is 0 Å². The minimum Gasteiger partial charge on any atom is -0.381 e. The Bertz CT molecular complexity index is 348. The molecule has 1 aliphatic rings. The first-order chi connectivity index (χ1) is 8.34. The highest BCUT2D eigenvalue weighted by Gasteiger charge is 2.17. The first-order valence-corrected chi connectivity index (χ1v) is 6.08. The van der Waals surface area contributed by atoms with Gasteiger partial charge in [-0.1, -0.05) is 0 Å². The summed E-state index contributed by atoms with van der Waals surface area (Å²) in [4.78, 5) is 15.6. The highest BCUT2D eigenvalue weighted by atomic mass is 16.5. The van der Waals surface area contributed by atoms with Gasteiger partial charge in [0.1, 0.15) is 0 Å². The molecule has 1 atom stereocenters. The van der Waals surface area contributed by atoms with Gasteiger partial charge in [-0.15, -0.1) is 0 Å². The highest BCUT2D eigenvalue weighted by Crippen LogP contribution is 2.16.